The van der Waals surface area contributed by atoms with Crippen LogP contribution in [-0.2, 0) is 4.79 Å². The van der Waals surface area contributed by atoms with Crippen LogP contribution in [0.4, 0.5) is 0 Å². The highest BCUT2D eigenvalue weighted by molar-refractivity contribution is 5.98. The van der Waals surface area contributed by atoms with Gasteiger partial charge in [-0.3, -0.25) is 35.2 Å². The molecular formula is C32H40N6O3. The second-order valence-electron chi connectivity index (χ2n) is 13.6. The molecule has 2 bridgehead atoms. The molecule has 4 aliphatic rings. The van der Waals surface area contributed by atoms with Crippen LogP contribution in [0.1, 0.15) is 99.3 Å². The fraction of sp³-hybridized carbons (Fsp3) is 0.562. The lowest BCUT2D eigenvalue weighted by Gasteiger charge is -2.64. The van der Waals surface area contributed by atoms with E-state index in [9.17, 15) is 14.4 Å². The summed E-state index contributed by atoms with van der Waals surface area (Å²) in [7, 11) is 0. The zero-order valence-electron chi connectivity index (χ0n) is 24.2. The number of amides is 3. The Hall–Kier alpha value is -3.62. The molecule has 6 atom stereocenters. The average Bonchev–Trinajstić information content (AvgIpc) is 3.18. The van der Waals surface area contributed by atoms with Crippen molar-refractivity contribution in [2.75, 3.05) is 0 Å². The van der Waals surface area contributed by atoms with Crippen LogP contribution in [0.2, 0.25) is 0 Å². The second-order valence-corrected chi connectivity index (χ2v) is 13.6. The second kappa shape index (κ2) is 10.0. The van der Waals surface area contributed by atoms with Crippen LogP contribution >= 0.6 is 0 Å². The molecule has 4 fully saturated rings. The fourth-order valence-electron chi connectivity index (χ4n) is 9.49. The van der Waals surface area contributed by atoms with E-state index in [2.05, 4.69) is 47.0 Å². The van der Waals surface area contributed by atoms with Crippen molar-refractivity contribution in [3.8, 4) is 0 Å². The van der Waals surface area contributed by atoms with Crippen molar-refractivity contribution in [1.82, 2.24) is 26.2 Å². The number of hydrazine groups is 1. The van der Waals surface area contributed by atoms with Gasteiger partial charge in [0.05, 0.1) is 5.41 Å². The number of carbonyl (C=O) groups is 3. The molecule has 0 radical (unpaired) electrons. The number of hydrazone groups is 1. The number of nitrogens with one attached hydrogen (secondary N) is 3. The molecule has 4 saturated carbocycles. The number of rotatable bonds is 4. The van der Waals surface area contributed by atoms with Gasteiger partial charge in [-0.1, -0.05) is 27.2 Å². The van der Waals surface area contributed by atoms with E-state index in [4.69, 9.17) is 5.10 Å². The van der Waals surface area contributed by atoms with Crippen molar-refractivity contribution in [2.45, 2.75) is 78.6 Å². The van der Waals surface area contributed by atoms with Gasteiger partial charge in [-0.15, -0.1) is 0 Å². The largest absolute Gasteiger partial charge is 0.273 e. The van der Waals surface area contributed by atoms with Crippen molar-refractivity contribution in [3.63, 3.8) is 0 Å². The lowest BCUT2D eigenvalue weighted by atomic mass is 9.40. The summed E-state index contributed by atoms with van der Waals surface area (Å²) >= 11 is 0. The van der Waals surface area contributed by atoms with Gasteiger partial charge in [0, 0.05) is 47.0 Å². The Morgan fingerprint density at radius 1 is 0.805 bits per heavy atom. The SMILES string of the molecule is C[C@@]12CC[C@@H]3[C@@](CC[C@H]4[C@@]3(C)CCC[C@@]4(C)C(=O)NNC(=O)c3ccncc3)(C/C1=N\NC(=O)c1ccncc1)C2. The molecule has 9 heteroatoms. The van der Waals surface area contributed by atoms with Crippen molar-refractivity contribution >= 4 is 23.4 Å². The molecule has 41 heavy (non-hydrogen) atoms. The maximum atomic E-state index is 13.7. The van der Waals surface area contributed by atoms with Gasteiger partial charge in [-0.2, -0.15) is 5.10 Å². The van der Waals surface area contributed by atoms with E-state index in [1.807, 2.05) is 0 Å². The predicted molar refractivity (Wildman–Crippen MR) is 154 cm³/mol. The topological polar surface area (TPSA) is 125 Å². The molecule has 0 aromatic carbocycles. The van der Waals surface area contributed by atoms with Crippen LogP contribution < -0.4 is 16.3 Å². The third kappa shape index (κ3) is 4.53. The Morgan fingerprint density at radius 2 is 1.44 bits per heavy atom. The maximum absolute atomic E-state index is 13.7. The predicted octanol–water partition coefficient (Wildman–Crippen LogP) is 4.83. The number of hydrogen-bond donors (Lipinski definition) is 3. The molecule has 3 N–H and O–H groups in total. The zero-order chi connectivity index (χ0) is 28.9. The van der Waals surface area contributed by atoms with Gasteiger partial charge in [0.2, 0.25) is 5.91 Å². The van der Waals surface area contributed by atoms with E-state index in [1.54, 1.807) is 49.1 Å². The summed E-state index contributed by atoms with van der Waals surface area (Å²) in [6, 6.07) is 6.65. The van der Waals surface area contributed by atoms with Gasteiger partial charge in [0.25, 0.3) is 11.8 Å². The quantitative estimate of drug-likeness (QED) is 0.466. The molecule has 4 aliphatic carbocycles. The van der Waals surface area contributed by atoms with E-state index in [0.717, 1.165) is 63.5 Å². The Morgan fingerprint density at radius 3 is 2.12 bits per heavy atom. The minimum atomic E-state index is -0.561. The molecule has 0 aliphatic heterocycles. The lowest BCUT2D eigenvalue weighted by Crippen LogP contribution is -2.61. The van der Waals surface area contributed by atoms with Gasteiger partial charge in [0.15, 0.2) is 0 Å². The van der Waals surface area contributed by atoms with Crippen LogP contribution in [0.15, 0.2) is 54.2 Å². The minimum Gasteiger partial charge on any atom is -0.273 e. The van der Waals surface area contributed by atoms with E-state index in [-0.39, 0.29) is 39.9 Å². The number of aromatic nitrogens is 2. The highest BCUT2D eigenvalue weighted by atomic mass is 16.2. The van der Waals surface area contributed by atoms with Gasteiger partial charge in [-0.25, -0.2) is 5.43 Å². The summed E-state index contributed by atoms with van der Waals surface area (Å²) in [6.07, 6.45) is 15.4. The fourth-order valence-corrected chi connectivity index (χ4v) is 9.49. The van der Waals surface area contributed by atoms with Crippen molar-refractivity contribution in [1.29, 1.82) is 0 Å². The molecule has 9 nitrogen and oxygen atoms in total. The van der Waals surface area contributed by atoms with Gasteiger partial charge in [-0.05, 0) is 98.3 Å². The lowest BCUT2D eigenvalue weighted by molar-refractivity contribution is -0.170. The van der Waals surface area contributed by atoms with Gasteiger partial charge >= 0.3 is 0 Å². The molecule has 3 amide bonds. The van der Waals surface area contributed by atoms with Crippen molar-refractivity contribution in [3.05, 3.63) is 60.2 Å². The first-order chi connectivity index (χ1) is 19.6. The molecule has 6 rings (SSSR count). The van der Waals surface area contributed by atoms with E-state index < -0.39 is 5.41 Å². The van der Waals surface area contributed by atoms with Crippen molar-refractivity contribution < 1.29 is 14.4 Å². The summed E-state index contributed by atoms with van der Waals surface area (Å²) < 4.78 is 0. The van der Waals surface area contributed by atoms with Crippen LogP contribution in [0.25, 0.3) is 0 Å². The molecule has 216 valence electrons. The molecule has 2 aromatic heterocycles. The van der Waals surface area contributed by atoms with Gasteiger partial charge < -0.3 is 0 Å². The molecule has 2 aromatic rings. The van der Waals surface area contributed by atoms with E-state index in [1.165, 1.54) is 0 Å². The van der Waals surface area contributed by atoms with Crippen LogP contribution in [0, 0.1) is 33.5 Å². The normalized spacial score (nSPS) is 36.5. The number of pyridine rings is 2. The van der Waals surface area contributed by atoms with Crippen molar-refractivity contribution in [2.24, 2.45) is 38.6 Å². The summed E-state index contributed by atoms with van der Waals surface area (Å²) in [5.41, 5.74) is 9.95. The molecule has 0 saturated heterocycles. The maximum Gasteiger partial charge on any atom is 0.271 e. The number of hydrogen-bond acceptors (Lipinski definition) is 6. The Labute approximate surface area is 241 Å². The highest BCUT2D eigenvalue weighted by Crippen LogP contribution is 2.73. The number of nitrogens with zero attached hydrogens (tertiary/aromatic N) is 3. The van der Waals surface area contributed by atoms with Crippen LogP contribution in [0.5, 0.6) is 0 Å². The number of fused-ring (bicyclic) bond motifs is 3. The Balaban J connectivity index is 1.19. The van der Waals surface area contributed by atoms with E-state index >= 15 is 0 Å². The summed E-state index contributed by atoms with van der Waals surface area (Å²) in [6.45, 7) is 6.84. The summed E-state index contributed by atoms with van der Waals surface area (Å²) in [5.74, 6) is 0.0729. The van der Waals surface area contributed by atoms with E-state index in [0.29, 0.717) is 17.0 Å². The smallest absolute Gasteiger partial charge is 0.271 e. The summed E-state index contributed by atoms with van der Waals surface area (Å²) in [4.78, 5) is 47.0. The standard InChI is InChI=1S/C32H40N6O3/c1-29-13-5-24-30(2)11-4-12-31(3,28(41)38-37-27(40)22-9-17-34-18-10-22)23(30)6-14-32(24,20-29)19-25(29)35-36-26(39)21-7-15-33-16-8-21/h7-10,15-18,23-24H,4-6,11-14,19-20H2,1-3H3,(H,36,39)(H,37,40)(H,38,41)/b35-25+/t23-,24-,29-,30+,31+,32-/m0/s1. The third-order valence-corrected chi connectivity index (χ3v) is 11.4. The Bertz CT molecular complexity index is 1380. The van der Waals surface area contributed by atoms with Crippen LogP contribution in [-0.4, -0.2) is 33.4 Å². The Kier molecular flexibility index (Phi) is 6.74. The summed E-state index contributed by atoms with van der Waals surface area (Å²) in [5, 5.41) is 4.74. The zero-order valence-corrected chi connectivity index (χ0v) is 24.2. The molecule has 2 heterocycles. The monoisotopic (exact) mass is 556 g/mol. The first-order valence-corrected chi connectivity index (χ1v) is 14.9. The molecule has 0 unspecified atom stereocenters. The average molecular weight is 557 g/mol. The van der Waals surface area contributed by atoms with Crippen LogP contribution in [0.3, 0.4) is 0 Å². The van der Waals surface area contributed by atoms with Gasteiger partial charge in [0.1, 0.15) is 0 Å². The highest BCUT2D eigenvalue weighted by Gasteiger charge is 2.67. The third-order valence-electron chi connectivity index (χ3n) is 11.4. The first kappa shape index (κ1) is 27.5. The number of carbonyl (C=O) groups excluding carboxylic acids is 3. The molecule has 1 spiro atoms. The first-order valence-electron chi connectivity index (χ1n) is 14.9. The molecular weight excluding hydrogens is 516 g/mol. The minimum absolute atomic E-state index is 0.0161.